The number of hydrogen-bond acceptors (Lipinski definition) is 7. The van der Waals surface area contributed by atoms with E-state index in [1.807, 2.05) is 127 Å². The maximum atomic E-state index is 12.9. The van der Waals surface area contributed by atoms with Crippen molar-refractivity contribution in [3.63, 3.8) is 0 Å². The second-order valence-electron chi connectivity index (χ2n) is 35.1. The molecule has 0 bridgehead atoms. The van der Waals surface area contributed by atoms with Crippen molar-refractivity contribution in [2.24, 2.45) is 0 Å². The van der Waals surface area contributed by atoms with E-state index in [2.05, 4.69) is 253 Å². The van der Waals surface area contributed by atoms with E-state index in [-0.39, 0.29) is 36.8 Å². The lowest BCUT2D eigenvalue weighted by molar-refractivity contribution is 0.104. The summed E-state index contributed by atoms with van der Waals surface area (Å²) in [5.74, 6) is 0.476. The first-order valence-corrected chi connectivity index (χ1v) is 45.6. The van der Waals surface area contributed by atoms with Gasteiger partial charge in [-0.25, -0.2) is 0 Å². The number of Topliss-reactive ketones (excluding diaryl/α,β-unsaturated/α-hetero) is 1. The molecule has 0 radical (unpaired) electrons. The number of nitrogens with one attached hydrogen (secondary N) is 6. The van der Waals surface area contributed by atoms with Gasteiger partial charge in [0.25, 0.3) is 0 Å². The highest BCUT2D eigenvalue weighted by molar-refractivity contribution is 6.32. The summed E-state index contributed by atoms with van der Waals surface area (Å²) in [5.41, 5.74) is 42.1. The highest BCUT2D eigenvalue weighted by atomic mass is 16.3. The number of para-hydroxylation sites is 5. The summed E-state index contributed by atoms with van der Waals surface area (Å²) in [6.45, 7) is 10.9. The van der Waals surface area contributed by atoms with E-state index >= 15 is 0 Å². The molecule has 8 N–H and O–H groups in total. The predicted octanol–water partition coefficient (Wildman–Crippen LogP) is 26.3. The fourth-order valence-electron chi connectivity index (χ4n) is 20.7. The Kier molecular flexibility index (Phi) is 24.6. The van der Waals surface area contributed by atoms with E-state index in [4.69, 9.17) is 0 Å². The average Bonchev–Trinajstić information content (AvgIpc) is 1.62. The summed E-state index contributed by atoms with van der Waals surface area (Å²) in [7, 11) is 0. The molecule has 6 heterocycles. The number of rotatable bonds is 18. The van der Waals surface area contributed by atoms with Crippen LogP contribution in [0.4, 0.5) is 0 Å². The monoisotopic (exact) mass is 1730 g/mol. The molecule has 0 amide bonds. The van der Waals surface area contributed by atoms with Crippen LogP contribution in [0.25, 0.3) is 98.9 Å². The van der Waals surface area contributed by atoms with Gasteiger partial charge in [0.1, 0.15) is 0 Å². The third-order valence-electron chi connectivity index (χ3n) is 27.4. The largest absolute Gasteiger partial charge is 0.392 e. The lowest BCUT2D eigenvalue weighted by Gasteiger charge is -2.15. The van der Waals surface area contributed by atoms with Gasteiger partial charge in [0.15, 0.2) is 25.1 Å². The van der Waals surface area contributed by atoms with Gasteiger partial charge in [-0.15, -0.1) is 0 Å². The zero-order valence-electron chi connectivity index (χ0n) is 74.6. The molecule has 0 aliphatic heterocycles. The van der Waals surface area contributed by atoms with Crippen LogP contribution in [0.1, 0.15) is 208 Å². The molecular formula is C119H102N6O7. The number of H-pyrrole nitrogens is 6. The fraction of sp³-hybridized carbons (Fsp3) is 0.151. The third kappa shape index (κ3) is 16.6. The lowest BCUT2D eigenvalue weighted by Crippen LogP contribution is -2.05. The van der Waals surface area contributed by atoms with Crippen molar-refractivity contribution in [2.75, 3.05) is 0 Å². The third-order valence-corrected chi connectivity index (χ3v) is 27.4. The number of carbonyl (C=O) groups excluding carboxylic acids is 5. The van der Waals surface area contributed by atoms with Crippen LogP contribution in [0.3, 0.4) is 0 Å². The molecule has 6 aromatic heterocycles. The highest BCUT2D eigenvalue weighted by Gasteiger charge is 2.31. The van der Waals surface area contributed by atoms with Gasteiger partial charge in [0, 0.05) is 158 Å². The minimum atomic E-state index is -0.122. The van der Waals surface area contributed by atoms with Crippen molar-refractivity contribution >= 4 is 130 Å². The van der Waals surface area contributed by atoms with Crippen LogP contribution in [0.2, 0.25) is 0 Å². The van der Waals surface area contributed by atoms with Crippen LogP contribution in [0, 0.1) is 13.8 Å². The smallest absolute Gasteiger partial charge is 0.210 e. The molecule has 0 spiro atoms. The van der Waals surface area contributed by atoms with Crippen LogP contribution in [-0.4, -0.2) is 71.0 Å². The van der Waals surface area contributed by atoms with Crippen LogP contribution >= 0.6 is 0 Å². The number of aliphatic hydroxyl groups excluding tert-OH is 2. The normalized spacial score (nSPS) is 14.0. The zero-order chi connectivity index (χ0) is 90.6. The van der Waals surface area contributed by atoms with Crippen molar-refractivity contribution < 1.29 is 34.2 Å². The number of aryl methyl sites for hydroxylation is 2. The minimum Gasteiger partial charge on any atom is -0.392 e. The molecule has 24 rings (SSSR count). The topological polar surface area (TPSA) is 221 Å². The van der Waals surface area contributed by atoms with E-state index in [0.717, 1.165) is 209 Å². The molecule has 3 atom stereocenters. The molecule has 6 aliphatic rings. The van der Waals surface area contributed by atoms with Gasteiger partial charge < -0.3 is 40.1 Å². The molecule has 18 aromatic rings. The maximum absolute atomic E-state index is 12.9. The Labute approximate surface area is 766 Å². The maximum Gasteiger partial charge on any atom is 0.210 e. The standard InChI is InChI=1S/C21H19NO.C20H19NO.2C20H17NO.C19H13NO2.C19H17NO/c1-13-7-10-20-18(11-13)19(12-23)21(22-20)14(2)16-9-8-15-5-3-4-6-17(15)16;2*1-13(15-11-10-14-6-2-3-7-16(14)15)20-18(12-22)17-8-4-5-9-19(17)21-20;1-13-6-9-16-14(10-13)7-8-15(16)11-20-18(12-22)17-4-2-3-5-19(17)21-20;21-11-16-14-7-3-4-8-17(14)20-18(16)19(22)15-10-9-12-5-1-2-6-13(12)15;21-12-17-16-7-3-4-8-18(16)20-19(17)11-14-10-9-13-5-1-2-6-15(13)14/h3-7,9-12,14,22H,8H2,1-2H3;2-9,11,13,21-22H,10,12H2,1H3;2-9,11-13,21H,10H2,1H3;2-6,8-10,12,21H,7,11H2,1H3;1-8,10-11,20H,9H2;1-8,10,20-21H,9,11-12H2. The predicted molar refractivity (Wildman–Crippen MR) is 538 cm³/mol. The number of aromatic nitrogens is 6. The number of ketones is 1. The summed E-state index contributed by atoms with van der Waals surface area (Å²) in [4.78, 5) is 79.7. The second-order valence-corrected chi connectivity index (χ2v) is 35.1. The molecule has 0 fully saturated rings. The zero-order valence-corrected chi connectivity index (χ0v) is 74.6. The Hall–Kier alpha value is -15.4. The molecule has 132 heavy (non-hydrogen) atoms. The Morgan fingerprint density at radius 3 is 1.17 bits per heavy atom. The highest BCUT2D eigenvalue weighted by Crippen LogP contribution is 2.46. The van der Waals surface area contributed by atoms with Gasteiger partial charge >= 0.3 is 0 Å². The van der Waals surface area contributed by atoms with E-state index in [0.29, 0.717) is 16.8 Å². The summed E-state index contributed by atoms with van der Waals surface area (Å²) >= 11 is 0. The van der Waals surface area contributed by atoms with Crippen molar-refractivity contribution in [3.8, 4) is 0 Å². The first kappa shape index (κ1) is 86.0. The SMILES string of the molecule is CC(C1=CCc2ccccc21)c1[nH]c2ccccc2c1C=O.CC(C1=CCc2ccccc21)c1[nH]c2ccccc2c1CO.Cc1ccc2[nH]c(C(C)C3=CCc4ccccc43)c(C=O)c2c1.Cc1ccc2c(c1)CC=C2Cc1[nH]c2ccccc2c1C=O.O=Cc1c(C(=O)C2=CCc3ccccc32)[nH]c2ccccc12.OCc1c(CC2=CCc3ccccc32)[nH]c2ccccc12. The van der Waals surface area contributed by atoms with E-state index in [1.165, 1.54) is 94.6 Å². The van der Waals surface area contributed by atoms with Crippen molar-refractivity contribution in [3.05, 3.63) is 461 Å². The summed E-state index contributed by atoms with van der Waals surface area (Å²) < 4.78 is 0. The van der Waals surface area contributed by atoms with Crippen LogP contribution in [0.15, 0.2) is 316 Å². The van der Waals surface area contributed by atoms with Crippen LogP contribution in [0.5, 0.6) is 0 Å². The van der Waals surface area contributed by atoms with Crippen LogP contribution in [-0.2, 0) is 64.6 Å². The molecular weight excluding hydrogens is 1630 g/mol. The molecule has 3 unspecified atom stereocenters. The number of allylic oxidation sites excluding steroid dienone is 12. The van der Waals surface area contributed by atoms with Gasteiger partial charge in [-0.3, -0.25) is 24.0 Å². The molecule has 650 valence electrons. The first-order valence-electron chi connectivity index (χ1n) is 45.6. The van der Waals surface area contributed by atoms with Gasteiger partial charge in [0.2, 0.25) is 5.78 Å². The van der Waals surface area contributed by atoms with Gasteiger partial charge in [-0.05, 0) is 189 Å². The number of fused-ring (bicyclic) bond motifs is 12. The summed E-state index contributed by atoms with van der Waals surface area (Å²) in [6.07, 6.45) is 24.5. The molecule has 12 aromatic carbocycles. The minimum absolute atomic E-state index is 0.0681. The number of aromatic amines is 6. The molecule has 0 saturated carbocycles. The van der Waals surface area contributed by atoms with Gasteiger partial charge in [0.05, 0.1) is 24.5 Å². The van der Waals surface area contributed by atoms with Gasteiger partial charge in [-0.2, -0.15) is 0 Å². The number of hydrogen-bond donors (Lipinski definition) is 8. The number of benzene rings is 12. The van der Waals surface area contributed by atoms with Gasteiger partial charge in [-0.1, -0.05) is 305 Å². The number of aldehydes is 4. The Morgan fingerprint density at radius 2 is 0.644 bits per heavy atom. The number of carbonyl (C=O) groups is 5. The van der Waals surface area contributed by atoms with E-state index in [9.17, 15) is 34.2 Å². The molecule has 13 nitrogen and oxygen atoms in total. The van der Waals surface area contributed by atoms with E-state index < -0.39 is 0 Å². The van der Waals surface area contributed by atoms with Crippen molar-refractivity contribution in [2.45, 2.75) is 117 Å². The Bertz CT molecular complexity index is 7780. The van der Waals surface area contributed by atoms with Crippen molar-refractivity contribution in [1.82, 2.24) is 29.9 Å². The average molecular weight is 1730 g/mol. The fourth-order valence-corrected chi connectivity index (χ4v) is 20.7. The number of aliphatic hydroxyl groups is 2. The summed E-state index contributed by atoms with van der Waals surface area (Å²) in [6, 6.07) is 94.7. The van der Waals surface area contributed by atoms with E-state index in [1.54, 1.807) is 0 Å². The Morgan fingerprint density at radius 1 is 0.303 bits per heavy atom. The second kappa shape index (κ2) is 37.7. The summed E-state index contributed by atoms with van der Waals surface area (Å²) in [5, 5.41) is 25.7. The Balaban J connectivity index is 0.000000102. The van der Waals surface area contributed by atoms with Crippen molar-refractivity contribution in [1.29, 1.82) is 0 Å². The van der Waals surface area contributed by atoms with Crippen LogP contribution < -0.4 is 0 Å². The molecule has 0 saturated heterocycles. The quantitative estimate of drug-likeness (QED) is 0.0306. The molecule has 6 aliphatic carbocycles. The molecule has 13 heteroatoms. The first-order chi connectivity index (χ1) is 64.7. The lowest BCUT2D eigenvalue weighted by atomic mass is 9.90.